The minimum atomic E-state index is -0.601. The van der Waals surface area contributed by atoms with Crippen molar-refractivity contribution in [3.8, 4) is 5.69 Å². The van der Waals surface area contributed by atoms with Gasteiger partial charge in [-0.05, 0) is 39.8 Å². The Hall–Kier alpha value is -2.08. The molecule has 122 valence electrons. The van der Waals surface area contributed by atoms with Crippen LogP contribution in [0.3, 0.4) is 0 Å². The summed E-state index contributed by atoms with van der Waals surface area (Å²) in [5.74, 6) is -0.0268. The minimum absolute atomic E-state index is 0.273. The van der Waals surface area contributed by atoms with Crippen LogP contribution in [0.15, 0.2) is 35.5 Å². The fraction of sp³-hybridized carbons (Fsp3) is 0.353. The number of aromatic nitrogens is 2. The molecule has 0 aliphatic heterocycles. The first kappa shape index (κ1) is 17.3. The lowest BCUT2D eigenvalue weighted by atomic mass is 10.1. The van der Waals surface area contributed by atoms with Crippen LogP contribution >= 0.6 is 12.6 Å². The Balaban J connectivity index is 2.18. The summed E-state index contributed by atoms with van der Waals surface area (Å²) in [5, 5.41) is 0.605. The molecule has 0 saturated carbocycles. The first-order valence-corrected chi connectivity index (χ1v) is 7.71. The molecular formula is C17H20N2O3S. The predicted molar refractivity (Wildman–Crippen MR) is 90.3 cm³/mol. The highest BCUT2D eigenvalue weighted by Gasteiger charge is 2.20. The van der Waals surface area contributed by atoms with Gasteiger partial charge >= 0.3 is 5.97 Å². The number of thiol groups is 1. The molecule has 0 fully saturated rings. The van der Waals surface area contributed by atoms with Crippen molar-refractivity contribution in [2.24, 2.45) is 0 Å². The Morgan fingerprint density at radius 1 is 1.30 bits per heavy atom. The van der Waals surface area contributed by atoms with Gasteiger partial charge in [-0.2, -0.15) is 0 Å². The van der Waals surface area contributed by atoms with Gasteiger partial charge in [-0.15, -0.1) is 12.6 Å². The first-order valence-electron chi connectivity index (χ1n) is 7.26. The van der Waals surface area contributed by atoms with Crippen molar-refractivity contribution in [1.82, 2.24) is 9.55 Å². The maximum absolute atomic E-state index is 12.3. The van der Waals surface area contributed by atoms with E-state index >= 15 is 0 Å². The molecule has 6 heteroatoms. The molecular weight excluding hydrogens is 312 g/mol. The van der Waals surface area contributed by atoms with Crippen molar-refractivity contribution in [3.05, 3.63) is 41.9 Å². The number of benzene rings is 1. The zero-order chi connectivity index (χ0) is 17.2. The van der Waals surface area contributed by atoms with Crippen molar-refractivity contribution >= 4 is 24.4 Å². The highest BCUT2D eigenvalue weighted by molar-refractivity contribution is 7.80. The van der Waals surface area contributed by atoms with Crippen LogP contribution < -0.4 is 0 Å². The van der Waals surface area contributed by atoms with Gasteiger partial charge in [-0.1, -0.05) is 12.1 Å². The SMILES string of the molecule is Cc1nc(S)cn1-c1cccc(C(=O)CC(=O)OC(C)(C)C)c1. The second-order valence-corrected chi connectivity index (χ2v) is 6.71. The normalized spacial score (nSPS) is 11.3. The highest BCUT2D eigenvalue weighted by atomic mass is 32.1. The van der Waals surface area contributed by atoms with E-state index in [9.17, 15) is 9.59 Å². The van der Waals surface area contributed by atoms with Gasteiger partial charge in [0.25, 0.3) is 0 Å². The summed E-state index contributed by atoms with van der Waals surface area (Å²) in [6.07, 6.45) is 1.50. The highest BCUT2D eigenvalue weighted by Crippen LogP contribution is 2.17. The topological polar surface area (TPSA) is 61.2 Å². The molecule has 0 radical (unpaired) electrons. The molecule has 0 aliphatic carbocycles. The maximum atomic E-state index is 12.3. The zero-order valence-corrected chi connectivity index (χ0v) is 14.6. The van der Waals surface area contributed by atoms with Crippen LogP contribution in [0.1, 0.15) is 43.4 Å². The van der Waals surface area contributed by atoms with Crippen LogP contribution in [0.25, 0.3) is 5.69 Å². The van der Waals surface area contributed by atoms with Crippen LogP contribution in [0.4, 0.5) is 0 Å². The molecule has 1 heterocycles. The van der Waals surface area contributed by atoms with Crippen molar-refractivity contribution in [2.75, 3.05) is 0 Å². The van der Waals surface area contributed by atoms with Gasteiger partial charge in [-0.3, -0.25) is 9.59 Å². The Kier molecular flexibility index (Phi) is 4.94. The van der Waals surface area contributed by atoms with E-state index in [1.54, 1.807) is 45.2 Å². The molecule has 23 heavy (non-hydrogen) atoms. The third kappa shape index (κ3) is 4.69. The number of imidazole rings is 1. The fourth-order valence-corrected chi connectivity index (χ4v) is 2.42. The molecule has 0 saturated heterocycles. The minimum Gasteiger partial charge on any atom is -0.460 e. The van der Waals surface area contributed by atoms with E-state index in [0.29, 0.717) is 10.6 Å². The number of esters is 1. The van der Waals surface area contributed by atoms with Crippen LogP contribution in [-0.2, 0) is 9.53 Å². The van der Waals surface area contributed by atoms with Gasteiger partial charge in [0.15, 0.2) is 5.78 Å². The summed E-state index contributed by atoms with van der Waals surface area (Å²) in [5.41, 5.74) is 0.656. The van der Waals surface area contributed by atoms with Gasteiger partial charge in [0.05, 0.1) is 0 Å². The Morgan fingerprint density at radius 2 is 2.00 bits per heavy atom. The van der Waals surface area contributed by atoms with E-state index in [1.165, 1.54) is 0 Å². The van der Waals surface area contributed by atoms with Crippen LogP contribution in [-0.4, -0.2) is 26.9 Å². The molecule has 1 aromatic heterocycles. The number of rotatable bonds is 4. The summed E-state index contributed by atoms with van der Waals surface area (Å²) in [6.45, 7) is 7.17. The van der Waals surface area contributed by atoms with Crippen LogP contribution in [0.2, 0.25) is 0 Å². The summed E-state index contributed by atoms with van der Waals surface area (Å²) in [7, 11) is 0. The van der Waals surface area contributed by atoms with E-state index in [1.807, 2.05) is 17.6 Å². The number of ketones is 1. The number of aryl methyl sites for hydroxylation is 1. The van der Waals surface area contributed by atoms with E-state index in [0.717, 1.165) is 11.5 Å². The third-order valence-corrected chi connectivity index (χ3v) is 3.26. The third-order valence-electron chi connectivity index (χ3n) is 3.04. The number of carbonyl (C=O) groups excluding carboxylic acids is 2. The average Bonchev–Trinajstić information content (AvgIpc) is 2.75. The van der Waals surface area contributed by atoms with E-state index < -0.39 is 11.6 Å². The molecule has 0 N–H and O–H groups in total. The first-order chi connectivity index (χ1) is 10.7. The molecule has 0 atom stereocenters. The average molecular weight is 332 g/mol. The lowest BCUT2D eigenvalue weighted by Gasteiger charge is -2.19. The number of nitrogens with zero attached hydrogens (tertiary/aromatic N) is 2. The van der Waals surface area contributed by atoms with E-state index in [-0.39, 0.29) is 12.2 Å². The largest absolute Gasteiger partial charge is 0.460 e. The smallest absolute Gasteiger partial charge is 0.314 e. The number of ether oxygens (including phenoxy) is 1. The maximum Gasteiger partial charge on any atom is 0.314 e. The second kappa shape index (κ2) is 6.58. The number of hydrogen-bond acceptors (Lipinski definition) is 5. The monoisotopic (exact) mass is 332 g/mol. The quantitative estimate of drug-likeness (QED) is 0.403. The number of carbonyl (C=O) groups is 2. The Morgan fingerprint density at radius 3 is 2.57 bits per heavy atom. The van der Waals surface area contributed by atoms with Crippen molar-refractivity contribution in [1.29, 1.82) is 0 Å². The lowest BCUT2D eigenvalue weighted by Crippen LogP contribution is -2.25. The molecule has 0 spiro atoms. The molecule has 0 aliphatic rings. The van der Waals surface area contributed by atoms with Gasteiger partial charge in [0.2, 0.25) is 0 Å². The molecule has 1 aromatic carbocycles. The summed E-state index contributed by atoms with van der Waals surface area (Å²) in [6, 6.07) is 7.06. The number of hydrogen-bond donors (Lipinski definition) is 1. The van der Waals surface area contributed by atoms with Crippen LogP contribution in [0, 0.1) is 6.92 Å². The van der Waals surface area contributed by atoms with E-state index in [4.69, 9.17) is 4.74 Å². The van der Waals surface area contributed by atoms with Crippen molar-refractivity contribution in [2.45, 2.75) is 44.7 Å². The van der Waals surface area contributed by atoms with Crippen molar-refractivity contribution < 1.29 is 14.3 Å². The lowest BCUT2D eigenvalue weighted by molar-refractivity contribution is -0.153. The molecule has 0 bridgehead atoms. The predicted octanol–water partition coefficient (Wildman–Crippen LogP) is 3.38. The summed E-state index contributed by atoms with van der Waals surface area (Å²) < 4.78 is 7.02. The van der Waals surface area contributed by atoms with Gasteiger partial charge in [0.1, 0.15) is 22.9 Å². The molecule has 2 aromatic rings. The Labute approximate surface area is 141 Å². The van der Waals surface area contributed by atoms with Crippen molar-refractivity contribution in [3.63, 3.8) is 0 Å². The molecule has 5 nitrogen and oxygen atoms in total. The molecule has 2 rings (SSSR count). The number of Topliss-reactive ketones (excluding diaryl/α,β-unsaturated/α-hetero) is 1. The van der Waals surface area contributed by atoms with E-state index in [2.05, 4.69) is 17.6 Å². The summed E-state index contributed by atoms with van der Waals surface area (Å²) in [4.78, 5) is 28.3. The van der Waals surface area contributed by atoms with Gasteiger partial charge in [-0.25, -0.2) is 4.98 Å². The van der Waals surface area contributed by atoms with Gasteiger partial charge < -0.3 is 9.30 Å². The standard InChI is InChI=1S/C17H20N2O3S/c1-11-18-15(23)10-19(11)13-7-5-6-12(8-13)14(20)9-16(21)22-17(2,3)4/h5-8,10,23H,9H2,1-4H3. The summed E-state index contributed by atoms with van der Waals surface area (Å²) >= 11 is 4.22. The molecule has 0 amide bonds. The van der Waals surface area contributed by atoms with Crippen LogP contribution in [0.5, 0.6) is 0 Å². The van der Waals surface area contributed by atoms with Gasteiger partial charge in [0, 0.05) is 17.4 Å². The Bertz CT molecular complexity index is 745. The zero-order valence-electron chi connectivity index (χ0n) is 13.7. The fourth-order valence-electron chi connectivity index (χ4n) is 2.16. The second-order valence-electron chi connectivity index (χ2n) is 6.25. The molecule has 0 unspecified atom stereocenters.